The van der Waals surface area contributed by atoms with Gasteiger partial charge in [-0.1, -0.05) is 24.3 Å². The fourth-order valence-corrected chi connectivity index (χ4v) is 3.11. The molecule has 1 aromatic heterocycles. The smallest absolute Gasteiger partial charge is 0.240 e. The minimum Gasteiger partial charge on any atom is -0.345 e. The lowest BCUT2D eigenvalue weighted by Crippen LogP contribution is -2.19. The number of aromatic amines is 1. The number of benzene rings is 2. The van der Waals surface area contributed by atoms with Gasteiger partial charge in [0, 0.05) is 5.56 Å². The van der Waals surface area contributed by atoms with E-state index in [1.165, 1.54) is 7.05 Å². The molecule has 1 heterocycles. The summed E-state index contributed by atoms with van der Waals surface area (Å²) in [5.41, 5.74) is 3.22. The minimum atomic E-state index is -3.49. The van der Waals surface area contributed by atoms with Crippen molar-refractivity contribution in [2.75, 3.05) is 7.05 Å². The zero-order valence-electron chi connectivity index (χ0n) is 10.8. The highest BCUT2D eigenvalue weighted by atomic mass is 32.2. The molecule has 2 aromatic carbocycles. The van der Waals surface area contributed by atoms with Crippen molar-refractivity contribution >= 4 is 21.1 Å². The van der Waals surface area contributed by atoms with Crippen LogP contribution in [0.2, 0.25) is 0 Å². The van der Waals surface area contributed by atoms with Crippen molar-refractivity contribution in [1.29, 1.82) is 0 Å². The third kappa shape index (κ3) is 2.09. The van der Waals surface area contributed by atoms with Crippen molar-refractivity contribution in [3.8, 4) is 11.1 Å². The lowest BCUT2D eigenvalue weighted by molar-refractivity contribution is 0.588. The zero-order chi connectivity index (χ0) is 14.2. The number of aromatic nitrogens is 2. The molecule has 2 N–H and O–H groups in total. The van der Waals surface area contributed by atoms with Gasteiger partial charge in [0.15, 0.2) is 0 Å². The largest absolute Gasteiger partial charge is 0.345 e. The molecule has 0 atom stereocenters. The topological polar surface area (TPSA) is 74.8 Å². The Morgan fingerprint density at radius 3 is 2.75 bits per heavy atom. The maximum absolute atomic E-state index is 12.1. The van der Waals surface area contributed by atoms with Crippen LogP contribution in [0.4, 0.5) is 0 Å². The molecule has 0 bridgehead atoms. The number of nitrogens with one attached hydrogen (secondary N) is 2. The molecule has 0 unspecified atom stereocenters. The van der Waals surface area contributed by atoms with Crippen molar-refractivity contribution in [1.82, 2.24) is 14.7 Å². The predicted octanol–water partition coefficient (Wildman–Crippen LogP) is 2.14. The fraction of sp³-hybridized carbons (Fsp3) is 0.0714. The van der Waals surface area contributed by atoms with Crippen LogP contribution in [-0.4, -0.2) is 25.4 Å². The molecule has 0 saturated carbocycles. The summed E-state index contributed by atoms with van der Waals surface area (Å²) in [7, 11) is -2.09. The standard InChI is InChI=1S/C14H13N3O2S/c1-15-20(18,19)14-5-3-2-4-11(14)10-6-7-12-13(8-10)17-9-16-12/h2-9,15H,1H3,(H,16,17). The summed E-state index contributed by atoms with van der Waals surface area (Å²) in [6, 6.07) is 12.5. The zero-order valence-corrected chi connectivity index (χ0v) is 11.6. The van der Waals surface area contributed by atoms with Crippen molar-refractivity contribution in [3.05, 3.63) is 48.8 Å². The first kappa shape index (κ1) is 12.8. The number of hydrogen-bond acceptors (Lipinski definition) is 3. The predicted molar refractivity (Wildman–Crippen MR) is 77.8 cm³/mol. The first-order valence-corrected chi connectivity index (χ1v) is 7.56. The van der Waals surface area contributed by atoms with Gasteiger partial charge in [0.05, 0.1) is 22.3 Å². The van der Waals surface area contributed by atoms with Gasteiger partial charge in [0.25, 0.3) is 0 Å². The molecule has 6 heteroatoms. The Bertz CT molecular complexity index is 869. The molecule has 3 rings (SSSR count). The Morgan fingerprint density at radius 2 is 1.95 bits per heavy atom. The number of hydrogen-bond donors (Lipinski definition) is 2. The maximum Gasteiger partial charge on any atom is 0.240 e. The van der Waals surface area contributed by atoms with E-state index < -0.39 is 10.0 Å². The van der Waals surface area contributed by atoms with Crippen LogP contribution in [0.25, 0.3) is 22.2 Å². The van der Waals surface area contributed by atoms with Gasteiger partial charge in [-0.3, -0.25) is 0 Å². The van der Waals surface area contributed by atoms with Crippen LogP contribution in [-0.2, 0) is 10.0 Å². The quantitative estimate of drug-likeness (QED) is 0.775. The summed E-state index contributed by atoms with van der Waals surface area (Å²) in [5, 5.41) is 0. The van der Waals surface area contributed by atoms with Gasteiger partial charge in [-0.25, -0.2) is 18.1 Å². The molecule has 5 nitrogen and oxygen atoms in total. The summed E-state index contributed by atoms with van der Waals surface area (Å²) >= 11 is 0. The Balaban J connectivity index is 2.24. The van der Waals surface area contributed by atoms with E-state index >= 15 is 0 Å². The number of sulfonamides is 1. The second-order valence-electron chi connectivity index (χ2n) is 4.34. The molecule has 3 aromatic rings. The van der Waals surface area contributed by atoms with Crippen LogP contribution in [0.15, 0.2) is 53.7 Å². The molecule has 102 valence electrons. The van der Waals surface area contributed by atoms with Crippen LogP contribution in [0, 0.1) is 0 Å². The normalized spacial score (nSPS) is 11.8. The first-order chi connectivity index (χ1) is 9.62. The van der Waals surface area contributed by atoms with Crippen LogP contribution < -0.4 is 4.72 Å². The molecule has 0 amide bonds. The third-order valence-electron chi connectivity index (χ3n) is 3.18. The minimum absolute atomic E-state index is 0.265. The van der Waals surface area contributed by atoms with Crippen molar-refractivity contribution in [2.45, 2.75) is 4.90 Å². The second kappa shape index (κ2) is 4.73. The molecule has 0 radical (unpaired) electrons. The average Bonchev–Trinajstić information content (AvgIpc) is 2.94. The van der Waals surface area contributed by atoms with Crippen molar-refractivity contribution in [2.24, 2.45) is 0 Å². The van der Waals surface area contributed by atoms with E-state index in [0.29, 0.717) is 5.56 Å². The summed E-state index contributed by atoms with van der Waals surface area (Å²) in [4.78, 5) is 7.45. The fourth-order valence-electron chi connectivity index (χ4n) is 2.15. The van der Waals surface area contributed by atoms with E-state index in [0.717, 1.165) is 16.6 Å². The molecule has 20 heavy (non-hydrogen) atoms. The van der Waals surface area contributed by atoms with Gasteiger partial charge in [-0.15, -0.1) is 0 Å². The van der Waals surface area contributed by atoms with E-state index in [1.807, 2.05) is 24.3 Å². The van der Waals surface area contributed by atoms with Crippen molar-refractivity contribution in [3.63, 3.8) is 0 Å². The van der Waals surface area contributed by atoms with E-state index in [2.05, 4.69) is 14.7 Å². The van der Waals surface area contributed by atoms with Gasteiger partial charge in [-0.05, 0) is 30.8 Å². The SMILES string of the molecule is CNS(=O)(=O)c1ccccc1-c1ccc2nc[nH]c2c1. The summed E-state index contributed by atoms with van der Waals surface area (Å²) in [5.74, 6) is 0. The summed E-state index contributed by atoms with van der Waals surface area (Å²) in [6.07, 6.45) is 1.62. The first-order valence-electron chi connectivity index (χ1n) is 6.08. The second-order valence-corrected chi connectivity index (χ2v) is 6.19. The highest BCUT2D eigenvalue weighted by molar-refractivity contribution is 7.89. The number of rotatable bonds is 3. The van der Waals surface area contributed by atoms with Gasteiger partial charge in [0.2, 0.25) is 10.0 Å². The van der Waals surface area contributed by atoms with Crippen LogP contribution in [0.3, 0.4) is 0 Å². The van der Waals surface area contributed by atoms with Crippen LogP contribution in [0.1, 0.15) is 0 Å². The van der Waals surface area contributed by atoms with E-state index in [1.54, 1.807) is 24.5 Å². The molecule has 0 saturated heterocycles. The molecular formula is C14H13N3O2S. The summed E-state index contributed by atoms with van der Waals surface area (Å²) < 4.78 is 26.5. The van der Waals surface area contributed by atoms with Gasteiger partial charge >= 0.3 is 0 Å². The average molecular weight is 287 g/mol. The van der Waals surface area contributed by atoms with Crippen molar-refractivity contribution < 1.29 is 8.42 Å². The maximum atomic E-state index is 12.1. The Hall–Kier alpha value is -2.18. The van der Waals surface area contributed by atoms with Gasteiger partial charge < -0.3 is 4.98 Å². The van der Waals surface area contributed by atoms with Crippen LogP contribution in [0.5, 0.6) is 0 Å². The number of H-pyrrole nitrogens is 1. The van der Waals surface area contributed by atoms with E-state index in [4.69, 9.17) is 0 Å². The lowest BCUT2D eigenvalue weighted by Gasteiger charge is -2.09. The molecule has 0 aliphatic rings. The van der Waals surface area contributed by atoms with Gasteiger partial charge in [0.1, 0.15) is 0 Å². The molecular weight excluding hydrogens is 274 g/mol. The van der Waals surface area contributed by atoms with E-state index in [9.17, 15) is 8.42 Å². The third-order valence-corrected chi connectivity index (χ3v) is 4.65. The highest BCUT2D eigenvalue weighted by Gasteiger charge is 2.17. The Labute approximate surface area is 116 Å². The van der Waals surface area contributed by atoms with Gasteiger partial charge in [-0.2, -0.15) is 0 Å². The number of imidazole rings is 1. The molecule has 0 aliphatic carbocycles. The number of nitrogens with zero attached hydrogens (tertiary/aromatic N) is 1. The van der Waals surface area contributed by atoms with Crippen LogP contribution >= 0.6 is 0 Å². The highest BCUT2D eigenvalue weighted by Crippen LogP contribution is 2.28. The van der Waals surface area contributed by atoms with E-state index in [-0.39, 0.29) is 4.90 Å². The molecule has 0 fully saturated rings. The molecule has 0 spiro atoms. The number of fused-ring (bicyclic) bond motifs is 1. The molecule has 0 aliphatic heterocycles. The summed E-state index contributed by atoms with van der Waals surface area (Å²) in [6.45, 7) is 0. The lowest BCUT2D eigenvalue weighted by atomic mass is 10.1. The monoisotopic (exact) mass is 287 g/mol. The Morgan fingerprint density at radius 1 is 1.15 bits per heavy atom. The Kier molecular flexibility index (Phi) is 3.04.